The Morgan fingerprint density at radius 1 is 1.07 bits per heavy atom. The second-order valence-electron chi connectivity index (χ2n) is 7.58. The maximum Gasteiger partial charge on any atom is 0.339 e. The van der Waals surface area contributed by atoms with Crippen LogP contribution < -0.4 is 10.9 Å². The fraction of sp³-hybridized carbons (Fsp3) is 0.250. The summed E-state index contributed by atoms with van der Waals surface area (Å²) in [7, 11) is 0. The van der Waals surface area contributed by atoms with E-state index in [9.17, 15) is 9.59 Å². The second-order valence-corrected chi connectivity index (χ2v) is 7.58. The van der Waals surface area contributed by atoms with E-state index in [1.54, 1.807) is 12.3 Å². The van der Waals surface area contributed by atoms with Gasteiger partial charge in [-0.15, -0.1) is 0 Å². The molecule has 29 heavy (non-hydrogen) atoms. The van der Waals surface area contributed by atoms with E-state index in [2.05, 4.69) is 5.32 Å². The number of aryl methyl sites for hydroxylation is 1. The minimum atomic E-state index is -0.401. The summed E-state index contributed by atoms with van der Waals surface area (Å²) in [4.78, 5) is 24.5. The molecule has 2 aromatic carbocycles. The summed E-state index contributed by atoms with van der Waals surface area (Å²) in [6.45, 7) is 5.73. The SMILES string of the molecule is Cc1c(CCC(=O)NC(C)C)c(=O)oc2cc3occ(-c4ccccc4)c3cc12. The highest BCUT2D eigenvalue weighted by Gasteiger charge is 2.16. The van der Waals surface area contributed by atoms with Crippen molar-refractivity contribution < 1.29 is 13.6 Å². The van der Waals surface area contributed by atoms with Crippen molar-refractivity contribution in [2.24, 2.45) is 0 Å². The number of furan rings is 1. The first-order valence-electron chi connectivity index (χ1n) is 9.76. The van der Waals surface area contributed by atoms with Crippen LogP contribution in [0.4, 0.5) is 0 Å². The predicted molar refractivity (Wildman–Crippen MR) is 114 cm³/mol. The van der Waals surface area contributed by atoms with E-state index in [0.29, 0.717) is 23.2 Å². The number of hydrogen-bond acceptors (Lipinski definition) is 4. The molecule has 1 amide bonds. The average Bonchev–Trinajstić information content (AvgIpc) is 3.09. The highest BCUT2D eigenvalue weighted by Crippen LogP contribution is 2.34. The van der Waals surface area contributed by atoms with Crippen molar-refractivity contribution in [1.29, 1.82) is 0 Å². The molecule has 0 saturated carbocycles. The molecule has 0 unspecified atom stereocenters. The van der Waals surface area contributed by atoms with Crippen LogP contribution in [-0.4, -0.2) is 11.9 Å². The van der Waals surface area contributed by atoms with E-state index in [4.69, 9.17) is 8.83 Å². The zero-order chi connectivity index (χ0) is 20.5. The fourth-order valence-corrected chi connectivity index (χ4v) is 3.67. The average molecular weight is 389 g/mol. The van der Waals surface area contributed by atoms with E-state index < -0.39 is 5.63 Å². The van der Waals surface area contributed by atoms with Crippen molar-refractivity contribution in [2.45, 2.75) is 39.7 Å². The monoisotopic (exact) mass is 389 g/mol. The molecule has 0 bridgehead atoms. The van der Waals surface area contributed by atoms with Crippen molar-refractivity contribution in [3.8, 4) is 11.1 Å². The zero-order valence-corrected chi connectivity index (χ0v) is 16.7. The third-order valence-electron chi connectivity index (χ3n) is 5.12. The van der Waals surface area contributed by atoms with Crippen LogP contribution in [0.2, 0.25) is 0 Å². The molecule has 4 aromatic rings. The lowest BCUT2D eigenvalue weighted by Gasteiger charge is -2.10. The third kappa shape index (κ3) is 3.68. The molecule has 5 nitrogen and oxygen atoms in total. The summed E-state index contributed by atoms with van der Waals surface area (Å²) in [5, 5.41) is 4.67. The number of rotatable bonds is 5. The largest absolute Gasteiger partial charge is 0.464 e. The molecule has 5 heteroatoms. The third-order valence-corrected chi connectivity index (χ3v) is 5.12. The van der Waals surface area contributed by atoms with Gasteiger partial charge in [-0.2, -0.15) is 0 Å². The van der Waals surface area contributed by atoms with E-state index >= 15 is 0 Å². The minimum absolute atomic E-state index is 0.0717. The predicted octanol–water partition coefficient (Wildman–Crippen LogP) is 4.97. The molecule has 0 aliphatic carbocycles. The van der Waals surface area contributed by atoms with E-state index in [0.717, 1.165) is 27.5 Å². The van der Waals surface area contributed by atoms with Crippen molar-refractivity contribution in [3.63, 3.8) is 0 Å². The molecule has 0 fully saturated rings. The minimum Gasteiger partial charge on any atom is -0.464 e. The van der Waals surface area contributed by atoms with Crippen molar-refractivity contribution in [3.05, 3.63) is 70.3 Å². The summed E-state index contributed by atoms with van der Waals surface area (Å²) in [5.74, 6) is -0.0736. The Morgan fingerprint density at radius 3 is 2.55 bits per heavy atom. The van der Waals surface area contributed by atoms with Gasteiger partial charge in [0.25, 0.3) is 0 Å². The van der Waals surface area contributed by atoms with Gasteiger partial charge >= 0.3 is 5.63 Å². The van der Waals surface area contributed by atoms with Crippen LogP contribution in [0.1, 0.15) is 31.4 Å². The van der Waals surface area contributed by atoms with Crippen LogP contribution in [0.3, 0.4) is 0 Å². The number of carbonyl (C=O) groups excluding carboxylic acids is 1. The number of fused-ring (bicyclic) bond motifs is 2. The Bertz CT molecular complexity index is 1250. The number of amides is 1. The molecule has 4 rings (SSSR count). The normalized spacial score (nSPS) is 11.4. The quantitative estimate of drug-likeness (QED) is 0.489. The number of nitrogens with one attached hydrogen (secondary N) is 1. The molecule has 2 heterocycles. The molecule has 1 N–H and O–H groups in total. The maximum atomic E-state index is 12.5. The van der Waals surface area contributed by atoms with Crippen LogP contribution in [0.25, 0.3) is 33.1 Å². The van der Waals surface area contributed by atoms with Gasteiger partial charge in [0.1, 0.15) is 11.2 Å². The summed E-state index contributed by atoms with van der Waals surface area (Å²) >= 11 is 0. The van der Waals surface area contributed by atoms with E-state index in [1.807, 2.05) is 57.2 Å². The van der Waals surface area contributed by atoms with Gasteiger partial charge in [-0.05, 0) is 44.4 Å². The molecule has 148 valence electrons. The molecule has 0 saturated heterocycles. The molecular weight excluding hydrogens is 366 g/mol. The molecule has 0 spiro atoms. The Balaban J connectivity index is 1.78. The van der Waals surface area contributed by atoms with Gasteiger partial charge in [-0.25, -0.2) is 4.79 Å². The second kappa shape index (κ2) is 7.59. The van der Waals surface area contributed by atoms with Crippen molar-refractivity contribution >= 4 is 27.8 Å². The van der Waals surface area contributed by atoms with E-state index in [1.165, 1.54) is 0 Å². The molecule has 0 radical (unpaired) electrons. The highest BCUT2D eigenvalue weighted by molar-refractivity contribution is 6.02. The smallest absolute Gasteiger partial charge is 0.339 e. The first-order chi connectivity index (χ1) is 13.9. The summed E-state index contributed by atoms with van der Waals surface area (Å²) in [5.41, 5.74) is 4.20. The van der Waals surface area contributed by atoms with Gasteiger partial charge in [-0.3, -0.25) is 4.79 Å². The van der Waals surface area contributed by atoms with Crippen LogP contribution in [-0.2, 0) is 11.2 Å². The van der Waals surface area contributed by atoms with Crippen molar-refractivity contribution in [1.82, 2.24) is 5.32 Å². The van der Waals surface area contributed by atoms with Crippen LogP contribution in [0.5, 0.6) is 0 Å². The Kier molecular flexibility index (Phi) is 4.97. The van der Waals surface area contributed by atoms with Gasteiger partial charge in [-0.1, -0.05) is 30.3 Å². The number of benzene rings is 2. The fourth-order valence-electron chi connectivity index (χ4n) is 3.67. The molecule has 2 aromatic heterocycles. The molecule has 0 aliphatic heterocycles. The van der Waals surface area contributed by atoms with Gasteiger partial charge in [0, 0.05) is 40.4 Å². The lowest BCUT2D eigenvalue weighted by Crippen LogP contribution is -2.30. The lowest BCUT2D eigenvalue weighted by atomic mass is 9.99. The summed E-state index contributed by atoms with van der Waals surface area (Å²) < 4.78 is 11.3. The van der Waals surface area contributed by atoms with Crippen LogP contribution in [0, 0.1) is 6.92 Å². The number of carbonyl (C=O) groups is 1. The maximum absolute atomic E-state index is 12.5. The van der Waals surface area contributed by atoms with Gasteiger partial charge in [0.15, 0.2) is 0 Å². The number of hydrogen-bond donors (Lipinski definition) is 1. The van der Waals surface area contributed by atoms with Gasteiger partial charge < -0.3 is 14.2 Å². The Labute approximate surface area is 168 Å². The van der Waals surface area contributed by atoms with E-state index in [-0.39, 0.29) is 18.4 Å². The highest BCUT2D eigenvalue weighted by atomic mass is 16.4. The molecule has 0 aliphatic rings. The topological polar surface area (TPSA) is 72.5 Å². The summed E-state index contributed by atoms with van der Waals surface area (Å²) in [6.07, 6.45) is 2.32. The summed E-state index contributed by atoms with van der Waals surface area (Å²) in [6, 6.07) is 13.9. The first-order valence-corrected chi connectivity index (χ1v) is 9.76. The first kappa shape index (κ1) is 19.0. The Morgan fingerprint density at radius 2 is 1.83 bits per heavy atom. The molecular formula is C24H23NO4. The zero-order valence-electron chi connectivity index (χ0n) is 16.7. The standard InChI is InChI=1S/C24H23NO4/c1-14(2)25-23(26)10-9-17-15(3)18-11-19-20(16-7-5-4-6-8-16)13-28-21(19)12-22(18)29-24(17)27/h4-8,11-14H,9-10H2,1-3H3,(H,25,26). The Hall–Kier alpha value is -3.34. The van der Waals surface area contributed by atoms with Gasteiger partial charge in [0.05, 0.1) is 6.26 Å². The van der Waals surface area contributed by atoms with Crippen LogP contribution in [0.15, 0.2) is 62.4 Å². The van der Waals surface area contributed by atoms with Gasteiger partial charge in [0.2, 0.25) is 5.91 Å². The lowest BCUT2D eigenvalue weighted by molar-refractivity contribution is -0.121. The molecule has 0 atom stereocenters. The van der Waals surface area contributed by atoms with Crippen molar-refractivity contribution in [2.75, 3.05) is 0 Å². The van der Waals surface area contributed by atoms with Crippen LogP contribution >= 0.6 is 0 Å².